The van der Waals surface area contributed by atoms with Gasteiger partial charge in [0.25, 0.3) is 0 Å². The summed E-state index contributed by atoms with van der Waals surface area (Å²) >= 11 is 5.27. The molecule has 3 nitrogen and oxygen atoms in total. The van der Waals surface area contributed by atoms with E-state index in [-0.39, 0.29) is 0 Å². The van der Waals surface area contributed by atoms with Crippen LogP contribution in [0.25, 0.3) is 0 Å². The number of likely N-dealkylation sites (N-methyl/N-ethyl adjacent to an activating group) is 1. The fourth-order valence-corrected chi connectivity index (χ4v) is 2.41. The van der Waals surface area contributed by atoms with Crippen molar-refractivity contribution in [3.8, 4) is 0 Å². The van der Waals surface area contributed by atoms with Crippen LogP contribution < -0.4 is 10.6 Å². The van der Waals surface area contributed by atoms with E-state index >= 15 is 0 Å². The van der Waals surface area contributed by atoms with Crippen molar-refractivity contribution >= 4 is 17.3 Å². The normalized spacial score (nSPS) is 23.1. The maximum atomic E-state index is 5.27. The first-order chi connectivity index (χ1) is 7.67. The predicted molar refractivity (Wildman–Crippen MR) is 73.8 cm³/mol. The molecule has 1 aliphatic heterocycles. The fourth-order valence-electron chi connectivity index (χ4n) is 2.13. The number of rotatable bonds is 5. The minimum Gasteiger partial charge on any atom is -0.361 e. The van der Waals surface area contributed by atoms with Crippen LogP contribution in [0, 0.1) is 0 Å². The molecule has 0 amide bonds. The molecule has 0 aromatic rings. The second kappa shape index (κ2) is 7.07. The Labute approximate surface area is 105 Å². The zero-order chi connectivity index (χ0) is 12.0. The second-order valence-electron chi connectivity index (χ2n) is 4.59. The van der Waals surface area contributed by atoms with Crippen molar-refractivity contribution in [3.05, 3.63) is 0 Å². The molecule has 0 aliphatic carbocycles. The summed E-state index contributed by atoms with van der Waals surface area (Å²) in [7, 11) is 0. The van der Waals surface area contributed by atoms with Crippen LogP contribution >= 0.6 is 12.2 Å². The molecule has 94 valence electrons. The number of nitrogens with zero attached hydrogens (tertiary/aromatic N) is 1. The van der Waals surface area contributed by atoms with Crippen LogP contribution in [-0.4, -0.2) is 41.7 Å². The summed E-state index contributed by atoms with van der Waals surface area (Å²) in [4.78, 5) is 2.53. The molecule has 16 heavy (non-hydrogen) atoms. The average molecular weight is 243 g/mol. The highest BCUT2D eigenvalue weighted by atomic mass is 32.1. The van der Waals surface area contributed by atoms with Crippen LogP contribution in [0.2, 0.25) is 0 Å². The third-order valence-electron chi connectivity index (χ3n) is 3.39. The minimum absolute atomic E-state index is 0.464. The predicted octanol–water partition coefficient (Wildman–Crippen LogP) is 1.73. The molecule has 0 spiro atoms. The van der Waals surface area contributed by atoms with Crippen molar-refractivity contribution in [3.63, 3.8) is 0 Å². The molecule has 0 unspecified atom stereocenters. The molecule has 0 aromatic carbocycles. The van der Waals surface area contributed by atoms with E-state index in [9.17, 15) is 0 Å². The summed E-state index contributed by atoms with van der Waals surface area (Å²) in [5.41, 5.74) is 0. The van der Waals surface area contributed by atoms with Crippen molar-refractivity contribution in [1.82, 2.24) is 15.5 Å². The molecule has 2 atom stereocenters. The van der Waals surface area contributed by atoms with Crippen LogP contribution in [-0.2, 0) is 0 Å². The van der Waals surface area contributed by atoms with Crippen molar-refractivity contribution in [2.75, 3.05) is 19.6 Å². The molecule has 1 heterocycles. The zero-order valence-corrected chi connectivity index (χ0v) is 11.6. The van der Waals surface area contributed by atoms with Gasteiger partial charge in [-0.25, -0.2) is 0 Å². The Morgan fingerprint density at radius 2 is 2.25 bits per heavy atom. The summed E-state index contributed by atoms with van der Waals surface area (Å²) < 4.78 is 0. The number of nitrogens with one attached hydrogen (secondary N) is 2. The fraction of sp³-hybridized carbons (Fsp3) is 0.917. The number of hydrogen-bond acceptors (Lipinski definition) is 2. The van der Waals surface area contributed by atoms with Gasteiger partial charge in [0.2, 0.25) is 0 Å². The molecule has 0 radical (unpaired) electrons. The van der Waals surface area contributed by atoms with Gasteiger partial charge in [0.05, 0.1) is 0 Å². The van der Waals surface area contributed by atoms with Gasteiger partial charge in [0.1, 0.15) is 0 Å². The molecule has 0 aromatic heterocycles. The maximum absolute atomic E-state index is 5.27. The quantitative estimate of drug-likeness (QED) is 0.719. The monoisotopic (exact) mass is 243 g/mol. The molecule has 0 saturated carbocycles. The van der Waals surface area contributed by atoms with E-state index in [0.29, 0.717) is 12.1 Å². The molecular weight excluding hydrogens is 218 g/mol. The Morgan fingerprint density at radius 3 is 2.88 bits per heavy atom. The number of thiocarbonyl (C=S) groups is 1. The SMILES string of the molecule is CC[C@H](C)NC(=S)NC[C@@H]1CCCN1CC. The second-order valence-corrected chi connectivity index (χ2v) is 5.00. The van der Waals surface area contributed by atoms with Crippen molar-refractivity contribution < 1.29 is 0 Å². The van der Waals surface area contributed by atoms with E-state index in [4.69, 9.17) is 12.2 Å². The summed E-state index contributed by atoms with van der Waals surface area (Å²) in [6.07, 6.45) is 3.73. The van der Waals surface area contributed by atoms with Gasteiger partial charge in [0, 0.05) is 18.6 Å². The largest absolute Gasteiger partial charge is 0.361 e. The Morgan fingerprint density at radius 1 is 1.50 bits per heavy atom. The van der Waals surface area contributed by atoms with Gasteiger partial charge in [-0.1, -0.05) is 13.8 Å². The standard InChI is InChI=1S/C12H25N3S/c1-4-10(3)14-12(16)13-9-11-7-6-8-15(11)5-2/h10-11H,4-9H2,1-3H3,(H2,13,14,16)/t10-,11-/m0/s1. The Hall–Kier alpha value is -0.350. The zero-order valence-electron chi connectivity index (χ0n) is 10.8. The van der Waals surface area contributed by atoms with Crippen LogP contribution in [0.4, 0.5) is 0 Å². The first kappa shape index (κ1) is 13.7. The van der Waals surface area contributed by atoms with Crippen LogP contribution in [0.5, 0.6) is 0 Å². The van der Waals surface area contributed by atoms with Crippen molar-refractivity contribution in [2.45, 2.75) is 52.1 Å². The highest BCUT2D eigenvalue weighted by molar-refractivity contribution is 7.80. The molecular formula is C12H25N3S. The first-order valence-corrected chi connectivity index (χ1v) is 6.86. The smallest absolute Gasteiger partial charge is 0.166 e. The summed E-state index contributed by atoms with van der Waals surface area (Å²) in [5.74, 6) is 0. The Bertz CT molecular complexity index is 220. The Balaban J connectivity index is 2.20. The molecule has 2 N–H and O–H groups in total. The molecule has 1 aliphatic rings. The number of likely N-dealkylation sites (tertiary alicyclic amines) is 1. The third-order valence-corrected chi connectivity index (χ3v) is 3.66. The summed E-state index contributed by atoms with van der Waals surface area (Å²) in [5, 5.41) is 7.42. The number of hydrogen-bond donors (Lipinski definition) is 2. The van der Waals surface area contributed by atoms with Crippen LogP contribution in [0.15, 0.2) is 0 Å². The van der Waals surface area contributed by atoms with Crippen LogP contribution in [0.3, 0.4) is 0 Å². The van der Waals surface area contributed by atoms with Gasteiger partial charge in [-0.3, -0.25) is 4.90 Å². The van der Waals surface area contributed by atoms with E-state index in [0.717, 1.165) is 24.6 Å². The van der Waals surface area contributed by atoms with Crippen LogP contribution in [0.1, 0.15) is 40.0 Å². The summed E-state index contributed by atoms with van der Waals surface area (Å²) in [6, 6.07) is 1.13. The van der Waals surface area contributed by atoms with E-state index in [2.05, 4.69) is 36.3 Å². The van der Waals surface area contributed by atoms with Gasteiger partial charge < -0.3 is 10.6 Å². The molecule has 1 rings (SSSR count). The topological polar surface area (TPSA) is 27.3 Å². The highest BCUT2D eigenvalue weighted by Gasteiger charge is 2.22. The molecule has 4 heteroatoms. The molecule has 1 saturated heterocycles. The first-order valence-electron chi connectivity index (χ1n) is 6.45. The van der Waals surface area contributed by atoms with Crippen molar-refractivity contribution in [2.24, 2.45) is 0 Å². The lowest BCUT2D eigenvalue weighted by Crippen LogP contribution is -2.45. The minimum atomic E-state index is 0.464. The average Bonchev–Trinajstić information content (AvgIpc) is 2.73. The molecule has 0 bridgehead atoms. The molecule has 1 fully saturated rings. The van der Waals surface area contributed by atoms with E-state index in [1.165, 1.54) is 19.4 Å². The van der Waals surface area contributed by atoms with E-state index < -0.39 is 0 Å². The van der Waals surface area contributed by atoms with Gasteiger partial charge >= 0.3 is 0 Å². The third kappa shape index (κ3) is 4.26. The van der Waals surface area contributed by atoms with Gasteiger partial charge in [-0.2, -0.15) is 0 Å². The van der Waals surface area contributed by atoms with Crippen molar-refractivity contribution in [1.29, 1.82) is 0 Å². The van der Waals surface area contributed by atoms with Gasteiger partial charge in [-0.15, -0.1) is 0 Å². The van der Waals surface area contributed by atoms with Gasteiger partial charge in [0.15, 0.2) is 5.11 Å². The van der Waals surface area contributed by atoms with E-state index in [1.54, 1.807) is 0 Å². The lowest BCUT2D eigenvalue weighted by atomic mass is 10.2. The lowest BCUT2D eigenvalue weighted by Gasteiger charge is -2.24. The highest BCUT2D eigenvalue weighted by Crippen LogP contribution is 2.15. The maximum Gasteiger partial charge on any atom is 0.166 e. The van der Waals surface area contributed by atoms with Gasteiger partial charge in [-0.05, 0) is 51.5 Å². The summed E-state index contributed by atoms with van der Waals surface area (Å²) in [6.45, 7) is 9.93. The Kier molecular flexibility index (Phi) is 6.06. The van der Waals surface area contributed by atoms with E-state index in [1.807, 2.05) is 0 Å². The lowest BCUT2D eigenvalue weighted by molar-refractivity contribution is 0.267.